The maximum Gasteiger partial charge on any atom is 0.322 e. The molecule has 2 rings (SSSR count). The lowest BCUT2D eigenvalue weighted by Crippen LogP contribution is -2.40. The molecule has 1 unspecified atom stereocenters. The van der Waals surface area contributed by atoms with Crippen molar-refractivity contribution in [2.45, 2.75) is 24.2 Å². The van der Waals surface area contributed by atoms with Gasteiger partial charge in [0.15, 0.2) is 0 Å². The van der Waals surface area contributed by atoms with Crippen LogP contribution >= 0.6 is 11.3 Å². The molecule has 1 heterocycles. The predicted molar refractivity (Wildman–Crippen MR) is 88.9 cm³/mol. The largest absolute Gasteiger partial charge is 0.465 e. The number of nitrogens with one attached hydrogen (secondary N) is 2. The van der Waals surface area contributed by atoms with Gasteiger partial charge in [-0.3, -0.25) is 4.79 Å². The molecule has 0 aliphatic heterocycles. The van der Waals surface area contributed by atoms with Crippen LogP contribution in [0.15, 0.2) is 28.6 Å². The molecule has 2 N–H and O–H groups in total. The Morgan fingerprint density at radius 1 is 1.35 bits per heavy atom. The van der Waals surface area contributed by atoms with E-state index in [1.807, 2.05) is 18.2 Å². The monoisotopic (exact) mass is 357 g/mol. The Labute approximate surface area is 139 Å². The van der Waals surface area contributed by atoms with Gasteiger partial charge in [0.25, 0.3) is 10.0 Å². The predicted octanol–water partition coefficient (Wildman–Crippen LogP) is 1.12. The van der Waals surface area contributed by atoms with Gasteiger partial charge in [0, 0.05) is 13.1 Å². The number of carbonyl (C=O) groups is 1. The van der Waals surface area contributed by atoms with Crippen LogP contribution in [-0.2, 0) is 19.6 Å². The molecule has 0 amide bonds. The summed E-state index contributed by atoms with van der Waals surface area (Å²) in [4.78, 5) is 15.5. The maximum atomic E-state index is 12.2. The molecule has 1 aromatic carbocycles. The second-order valence-corrected chi connectivity index (χ2v) is 7.74. The highest BCUT2D eigenvalue weighted by Crippen LogP contribution is 2.24. The molecule has 0 saturated carbocycles. The van der Waals surface area contributed by atoms with Gasteiger partial charge in [-0.2, -0.15) is 0 Å². The minimum absolute atomic E-state index is 0.0390. The summed E-state index contributed by atoms with van der Waals surface area (Å²) in [6.45, 7) is 4.18. The summed E-state index contributed by atoms with van der Waals surface area (Å²) in [6.07, 6.45) is 0. The summed E-state index contributed by atoms with van der Waals surface area (Å²) >= 11 is 1.12. The van der Waals surface area contributed by atoms with Crippen molar-refractivity contribution in [3.05, 3.63) is 24.3 Å². The molecule has 23 heavy (non-hydrogen) atoms. The minimum Gasteiger partial charge on any atom is -0.465 e. The fourth-order valence-corrected chi connectivity index (χ4v) is 4.15. The lowest BCUT2D eigenvalue weighted by molar-refractivity contribution is -0.145. The number of hydrogen-bond donors (Lipinski definition) is 2. The molecule has 1 aromatic heterocycles. The number of sulfonamides is 1. The van der Waals surface area contributed by atoms with E-state index in [0.29, 0.717) is 18.7 Å². The number of rotatable bonds is 8. The van der Waals surface area contributed by atoms with Gasteiger partial charge in [0.2, 0.25) is 4.34 Å². The molecule has 7 nitrogen and oxygen atoms in total. The topological polar surface area (TPSA) is 97.4 Å². The lowest BCUT2D eigenvalue weighted by atomic mass is 10.3. The number of fused-ring (bicyclic) bond motifs is 1. The Kier molecular flexibility index (Phi) is 6.05. The molecule has 9 heteroatoms. The van der Waals surface area contributed by atoms with Crippen LogP contribution in [0, 0.1) is 0 Å². The minimum atomic E-state index is -3.65. The van der Waals surface area contributed by atoms with Crippen LogP contribution in [0.25, 0.3) is 10.2 Å². The molecule has 126 valence electrons. The fraction of sp³-hybridized carbons (Fsp3) is 0.429. The maximum absolute atomic E-state index is 12.2. The highest BCUT2D eigenvalue weighted by molar-refractivity contribution is 7.91. The van der Waals surface area contributed by atoms with Gasteiger partial charge in [-0.15, -0.1) is 11.3 Å². The second-order valence-electron chi connectivity index (χ2n) is 4.77. The normalized spacial score (nSPS) is 13.1. The molecule has 1 atom stereocenters. The molecule has 0 aliphatic rings. The first-order valence-electron chi connectivity index (χ1n) is 7.19. The number of para-hydroxylation sites is 1. The summed E-state index contributed by atoms with van der Waals surface area (Å²) in [5.41, 5.74) is 0.659. The summed E-state index contributed by atoms with van der Waals surface area (Å²) in [6, 6.07) is 6.77. The molecule has 0 spiro atoms. The molecule has 0 radical (unpaired) electrons. The number of carbonyl (C=O) groups excluding carboxylic acids is 1. The number of thiazole rings is 1. The first-order valence-corrected chi connectivity index (χ1v) is 9.49. The molecule has 0 fully saturated rings. The summed E-state index contributed by atoms with van der Waals surface area (Å²) in [5.74, 6) is -0.360. The third-order valence-electron chi connectivity index (χ3n) is 3.01. The van der Waals surface area contributed by atoms with Crippen molar-refractivity contribution in [1.82, 2.24) is 15.0 Å². The van der Waals surface area contributed by atoms with Crippen LogP contribution < -0.4 is 10.0 Å². The van der Waals surface area contributed by atoms with E-state index in [2.05, 4.69) is 15.0 Å². The number of hydrogen-bond acceptors (Lipinski definition) is 7. The number of benzene rings is 1. The van der Waals surface area contributed by atoms with Gasteiger partial charge in [-0.05, 0) is 26.0 Å². The van der Waals surface area contributed by atoms with Gasteiger partial charge in [0.1, 0.15) is 6.04 Å². The Hall–Kier alpha value is -1.55. The van der Waals surface area contributed by atoms with Crippen LogP contribution in [0.5, 0.6) is 0 Å². The zero-order valence-electron chi connectivity index (χ0n) is 12.9. The van der Waals surface area contributed by atoms with Crippen molar-refractivity contribution in [2.75, 3.05) is 19.7 Å². The van der Waals surface area contributed by atoms with Crippen molar-refractivity contribution in [3.63, 3.8) is 0 Å². The van der Waals surface area contributed by atoms with E-state index in [1.165, 1.54) is 0 Å². The SMILES string of the molecule is CCOC(=O)C(C)NCCNS(=O)(=O)c1nc2ccccc2s1. The van der Waals surface area contributed by atoms with Gasteiger partial charge in [0.05, 0.1) is 16.8 Å². The Morgan fingerprint density at radius 3 is 2.78 bits per heavy atom. The first kappa shape index (κ1) is 17.8. The van der Waals surface area contributed by atoms with Gasteiger partial charge >= 0.3 is 5.97 Å². The third-order valence-corrected chi connectivity index (χ3v) is 5.89. The fourth-order valence-electron chi connectivity index (χ4n) is 1.85. The van der Waals surface area contributed by atoms with E-state index in [0.717, 1.165) is 16.0 Å². The molecule has 0 bridgehead atoms. The first-order chi connectivity index (χ1) is 10.9. The Balaban J connectivity index is 1.88. The standard InChI is InChI=1S/C14H19N3O4S2/c1-3-21-13(18)10(2)15-8-9-16-23(19,20)14-17-11-6-4-5-7-12(11)22-14/h4-7,10,15-16H,3,8-9H2,1-2H3. The smallest absolute Gasteiger partial charge is 0.322 e. The Morgan fingerprint density at radius 2 is 2.09 bits per heavy atom. The van der Waals surface area contributed by atoms with E-state index in [9.17, 15) is 13.2 Å². The highest BCUT2D eigenvalue weighted by atomic mass is 32.2. The summed E-state index contributed by atoms with van der Waals surface area (Å²) in [5, 5.41) is 2.90. The number of ether oxygens (including phenoxy) is 1. The van der Waals surface area contributed by atoms with Gasteiger partial charge in [-0.1, -0.05) is 12.1 Å². The lowest BCUT2D eigenvalue weighted by Gasteiger charge is -2.12. The van der Waals surface area contributed by atoms with Crippen LogP contribution in [0.3, 0.4) is 0 Å². The number of esters is 1. The van der Waals surface area contributed by atoms with E-state index in [1.54, 1.807) is 19.9 Å². The average molecular weight is 357 g/mol. The van der Waals surface area contributed by atoms with Crippen molar-refractivity contribution < 1.29 is 17.9 Å². The Bertz CT molecular complexity index is 740. The zero-order chi connectivity index (χ0) is 16.9. The van der Waals surface area contributed by atoms with Crippen molar-refractivity contribution in [1.29, 1.82) is 0 Å². The van der Waals surface area contributed by atoms with E-state index < -0.39 is 16.1 Å². The highest BCUT2D eigenvalue weighted by Gasteiger charge is 2.19. The van der Waals surface area contributed by atoms with Crippen LogP contribution in [0.2, 0.25) is 0 Å². The van der Waals surface area contributed by atoms with Gasteiger partial charge < -0.3 is 10.1 Å². The van der Waals surface area contributed by atoms with E-state index in [4.69, 9.17) is 4.74 Å². The zero-order valence-corrected chi connectivity index (χ0v) is 14.5. The summed E-state index contributed by atoms with van der Waals surface area (Å²) < 4.78 is 32.6. The van der Waals surface area contributed by atoms with Crippen molar-refractivity contribution in [3.8, 4) is 0 Å². The van der Waals surface area contributed by atoms with E-state index in [-0.39, 0.29) is 16.9 Å². The van der Waals surface area contributed by atoms with E-state index >= 15 is 0 Å². The van der Waals surface area contributed by atoms with Crippen molar-refractivity contribution in [2.24, 2.45) is 0 Å². The summed E-state index contributed by atoms with van der Waals surface area (Å²) in [7, 11) is -3.65. The number of nitrogens with zero attached hydrogens (tertiary/aromatic N) is 1. The number of aromatic nitrogens is 1. The molecule has 0 saturated heterocycles. The third kappa shape index (κ3) is 4.71. The van der Waals surface area contributed by atoms with Gasteiger partial charge in [-0.25, -0.2) is 18.1 Å². The van der Waals surface area contributed by atoms with Crippen LogP contribution in [0.4, 0.5) is 0 Å². The molecular formula is C14H19N3O4S2. The molecule has 2 aromatic rings. The quantitative estimate of drug-likeness (QED) is 0.543. The molecule has 0 aliphatic carbocycles. The van der Waals surface area contributed by atoms with Crippen molar-refractivity contribution >= 4 is 37.5 Å². The average Bonchev–Trinajstić information content (AvgIpc) is 2.96. The molecular weight excluding hydrogens is 338 g/mol. The van der Waals surface area contributed by atoms with Crippen LogP contribution in [0.1, 0.15) is 13.8 Å². The second kappa shape index (κ2) is 7.82. The van der Waals surface area contributed by atoms with Crippen LogP contribution in [-0.4, -0.2) is 45.1 Å².